The van der Waals surface area contributed by atoms with Crippen molar-refractivity contribution >= 4 is 5.97 Å². The number of methoxy groups -OCH3 is 1. The maximum absolute atomic E-state index is 13.4. The number of hydrogen-bond acceptors (Lipinski definition) is 4. The molecule has 1 unspecified atom stereocenters. The standard InChI is InChI=1S/C15H21F2NO3/c1-4-18-15(2,14(19)20-3)8-5-9-21-13-10-11(16)6-7-12(13)17/h6-7,10,18H,4-5,8-9H2,1-3H3. The Kier molecular flexibility index (Phi) is 6.55. The zero-order valence-corrected chi connectivity index (χ0v) is 12.5. The number of rotatable bonds is 8. The number of esters is 1. The van der Waals surface area contributed by atoms with E-state index in [1.165, 1.54) is 7.11 Å². The van der Waals surface area contributed by atoms with Crippen LogP contribution in [0.15, 0.2) is 18.2 Å². The van der Waals surface area contributed by atoms with Gasteiger partial charge in [-0.3, -0.25) is 4.79 Å². The highest BCUT2D eigenvalue weighted by atomic mass is 19.1. The van der Waals surface area contributed by atoms with Gasteiger partial charge in [0.15, 0.2) is 11.6 Å². The topological polar surface area (TPSA) is 47.6 Å². The van der Waals surface area contributed by atoms with Gasteiger partial charge in [-0.25, -0.2) is 8.78 Å². The third kappa shape index (κ3) is 4.97. The lowest BCUT2D eigenvalue weighted by Crippen LogP contribution is -2.50. The van der Waals surface area contributed by atoms with E-state index in [4.69, 9.17) is 9.47 Å². The average Bonchev–Trinajstić information content (AvgIpc) is 2.46. The minimum atomic E-state index is -0.812. The summed E-state index contributed by atoms with van der Waals surface area (Å²) in [6.07, 6.45) is 0.957. The highest BCUT2D eigenvalue weighted by molar-refractivity contribution is 5.80. The molecule has 1 rings (SSSR count). The fraction of sp³-hybridized carbons (Fsp3) is 0.533. The number of halogens is 2. The summed E-state index contributed by atoms with van der Waals surface area (Å²) in [5.74, 6) is -1.66. The lowest BCUT2D eigenvalue weighted by atomic mass is 9.96. The van der Waals surface area contributed by atoms with Crippen molar-refractivity contribution in [2.24, 2.45) is 0 Å². The SMILES string of the molecule is CCNC(C)(CCCOc1cc(F)ccc1F)C(=O)OC. The lowest BCUT2D eigenvalue weighted by molar-refractivity contribution is -0.148. The van der Waals surface area contributed by atoms with E-state index >= 15 is 0 Å². The molecule has 0 spiro atoms. The summed E-state index contributed by atoms with van der Waals surface area (Å²) >= 11 is 0. The van der Waals surface area contributed by atoms with E-state index in [2.05, 4.69) is 5.32 Å². The maximum Gasteiger partial charge on any atom is 0.325 e. The van der Waals surface area contributed by atoms with E-state index in [9.17, 15) is 13.6 Å². The molecule has 1 N–H and O–H groups in total. The summed E-state index contributed by atoms with van der Waals surface area (Å²) in [4.78, 5) is 11.8. The largest absolute Gasteiger partial charge is 0.490 e. The van der Waals surface area contributed by atoms with Crippen molar-refractivity contribution < 1.29 is 23.0 Å². The van der Waals surface area contributed by atoms with Crippen LogP contribution in [0.4, 0.5) is 8.78 Å². The van der Waals surface area contributed by atoms with Crippen LogP contribution in [-0.2, 0) is 9.53 Å². The Labute approximate surface area is 123 Å². The predicted molar refractivity (Wildman–Crippen MR) is 75.2 cm³/mol. The molecule has 0 saturated heterocycles. The van der Waals surface area contributed by atoms with Gasteiger partial charge < -0.3 is 14.8 Å². The van der Waals surface area contributed by atoms with E-state index in [1.807, 2.05) is 6.92 Å². The first-order valence-corrected chi connectivity index (χ1v) is 6.84. The molecule has 6 heteroatoms. The second kappa shape index (κ2) is 7.93. The zero-order valence-electron chi connectivity index (χ0n) is 12.5. The van der Waals surface area contributed by atoms with E-state index in [0.717, 1.165) is 18.2 Å². The minimum absolute atomic E-state index is 0.127. The van der Waals surface area contributed by atoms with Gasteiger partial charge in [-0.05, 0) is 38.4 Å². The van der Waals surface area contributed by atoms with Crippen molar-refractivity contribution in [3.8, 4) is 5.75 Å². The van der Waals surface area contributed by atoms with Crippen LogP contribution in [0.3, 0.4) is 0 Å². The summed E-state index contributed by atoms with van der Waals surface area (Å²) in [6.45, 7) is 4.42. The minimum Gasteiger partial charge on any atom is -0.490 e. The Balaban J connectivity index is 2.51. The number of nitrogens with one attached hydrogen (secondary N) is 1. The molecule has 0 aliphatic rings. The van der Waals surface area contributed by atoms with E-state index in [1.54, 1.807) is 6.92 Å². The van der Waals surface area contributed by atoms with E-state index in [0.29, 0.717) is 19.4 Å². The number of carbonyl (C=O) groups is 1. The van der Waals surface area contributed by atoms with Crippen molar-refractivity contribution in [2.75, 3.05) is 20.3 Å². The van der Waals surface area contributed by atoms with Crippen LogP contribution in [-0.4, -0.2) is 31.8 Å². The highest BCUT2D eigenvalue weighted by Gasteiger charge is 2.32. The number of carbonyl (C=O) groups excluding carboxylic acids is 1. The fourth-order valence-electron chi connectivity index (χ4n) is 2.07. The molecule has 0 amide bonds. The van der Waals surface area contributed by atoms with Gasteiger partial charge in [0.2, 0.25) is 0 Å². The normalized spacial score (nSPS) is 13.6. The molecular formula is C15H21F2NO3. The van der Waals surface area contributed by atoms with Gasteiger partial charge in [0.1, 0.15) is 11.4 Å². The smallest absolute Gasteiger partial charge is 0.325 e. The Hall–Kier alpha value is -1.69. The van der Waals surface area contributed by atoms with Crippen LogP contribution < -0.4 is 10.1 Å². The summed E-state index contributed by atoms with van der Waals surface area (Å²) < 4.78 is 36.3. The number of ether oxygens (including phenoxy) is 2. The number of hydrogen-bond donors (Lipinski definition) is 1. The summed E-state index contributed by atoms with van der Waals surface area (Å²) in [5, 5.41) is 3.06. The van der Waals surface area contributed by atoms with Gasteiger partial charge in [0.25, 0.3) is 0 Å². The van der Waals surface area contributed by atoms with Crippen LogP contribution in [0.5, 0.6) is 5.75 Å². The molecule has 0 bridgehead atoms. The molecule has 0 aliphatic heterocycles. The molecule has 0 saturated carbocycles. The first-order valence-electron chi connectivity index (χ1n) is 6.84. The second-order valence-electron chi connectivity index (χ2n) is 4.88. The summed E-state index contributed by atoms with van der Waals surface area (Å²) in [7, 11) is 1.33. The van der Waals surface area contributed by atoms with E-state index in [-0.39, 0.29) is 18.3 Å². The number of likely N-dealkylation sites (N-methyl/N-ethyl adjacent to an activating group) is 1. The third-order valence-corrected chi connectivity index (χ3v) is 3.17. The van der Waals surface area contributed by atoms with Crippen molar-refractivity contribution in [2.45, 2.75) is 32.2 Å². The molecule has 0 aromatic heterocycles. The fourth-order valence-corrected chi connectivity index (χ4v) is 2.07. The molecule has 0 radical (unpaired) electrons. The molecule has 21 heavy (non-hydrogen) atoms. The highest BCUT2D eigenvalue weighted by Crippen LogP contribution is 2.19. The van der Waals surface area contributed by atoms with Gasteiger partial charge in [0, 0.05) is 6.07 Å². The summed E-state index contributed by atoms with van der Waals surface area (Å²) in [5.41, 5.74) is -0.812. The van der Waals surface area contributed by atoms with Crippen molar-refractivity contribution in [1.29, 1.82) is 0 Å². The van der Waals surface area contributed by atoms with Gasteiger partial charge in [-0.1, -0.05) is 6.92 Å². The Morgan fingerprint density at radius 1 is 1.38 bits per heavy atom. The maximum atomic E-state index is 13.4. The average molecular weight is 301 g/mol. The molecule has 0 fully saturated rings. The molecule has 4 nitrogen and oxygen atoms in total. The van der Waals surface area contributed by atoms with Gasteiger partial charge in [0.05, 0.1) is 13.7 Å². The quantitative estimate of drug-likeness (QED) is 0.592. The van der Waals surface area contributed by atoms with Crippen molar-refractivity contribution in [3.63, 3.8) is 0 Å². The monoisotopic (exact) mass is 301 g/mol. The van der Waals surface area contributed by atoms with Crippen LogP contribution in [0, 0.1) is 11.6 Å². The van der Waals surface area contributed by atoms with Gasteiger partial charge in [-0.2, -0.15) is 0 Å². The molecule has 1 atom stereocenters. The van der Waals surface area contributed by atoms with E-state index < -0.39 is 17.2 Å². The molecular weight excluding hydrogens is 280 g/mol. The summed E-state index contributed by atoms with van der Waals surface area (Å²) in [6, 6.07) is 3.04. The molecule has 0 heterocycles. The lowest BCUT2D eigenvalue weighted by Gasteiger charge is -2.27. The molecule has 1 aromatic carbocycles. The Bertz CT molecular complexity index is 482. The van der Waals surface area contributed by atoms with Crippen molar-refractivity contribution in [1.82, 2.24) is 5.32 Å². The Morgan fingerprint density at radius 3 is 2.71 bits per heavy atom. The third-order valence-electron chi connectivity index (χ3n) is 3.17. The zero-order chi connectivity index (χ0) is 15.9. The van der Waals surface area contributed by atoms with Crippen LogP contribution in [0.2, 0.25) is 0 Å². The number of benzene rings is 1. The predicted octanol–water partition coefficient (Wildman–Crippen LogP) is 2.67. The first-order chi connectivity index (χ1) is 9.92. The molecule has 0 aliphatic carbocycles. The van der Waals surface area contributed by atoms with Crippen LogP contribution >= 0.6 is 0 Å². The second-order valence-corrected chi connectivity index (χ2v) is 4.88. The molecule has 1 aromatic rings. The van der Waals surface area contributed by atoms with Gasteiger partial charge in [-0.15, -0.1) is 0 Å². The Morgan fingerprint density at radius 2 is 2.10 bits per heavy atom. The van der Waals surface area contributed by atoms with Crippen LogP contribution in [0.1, 0.15) is 26.7 Å². The van der Waals surface area contributed by atoms with Crippen LogP contribution in [0.25, 0.3) is 0 Å². The first kappa shape index (κ1) is 17.4. The molecule has 118 valence electrons. The van der Waals surface area contributed by atoms with Gasteiger partial charge >= 0.3 is 5.97 Å². The van der Waals surface area contributed by atoms with Crippen molar-refractivity contribution in [3.05, 3.63) is 29.8 Å².